The standard InChI is InChI=1S/C18H31BrN2S/c1-15-3-2-11-20(12-8-15)17-9-13-21(14-10-17)22-18-6-4-16(19)5-7-18/h4,6,15-18H,2-3,5,7-14H2,1H3. The highest BCUT2D eigenvalue weighted by Gasteiger charge is 2.27. The van der Waals surface area contributed by atoms with Gasteiger partial charge in [-0.1, -0.05) is 47.0 Å². The summed E-state index contributed by atoms with van der Waals surface area (Å²) in [5.41, 5.74) is 0. The molecule has 0 amide bonds. The molecular formula is C18H31BrN2S. The summed E-state index contributed by atoms with van der Waals surface area (Å²) in [6.45, 7) is 7.68. The van der Waals surface area contributed by atoms with Gasteiger partial charge in [-0.15, -0.1) is 0 Å². The maximum absolute atomic E-state index is 3.69. The molecule has 2 aliphatic heterocycles. The van der Waals surface area contributed by atoms with Gasteiger partial charge in [-0.05, 0) is 64.0 Å². The van der Waals surface area contributed by atoms with E-state index in [0.717, 1.165) is 12.0 Å². The minimum Gasteiger partial charge on any atom is -0.300 e. The third kappa shape index (κ3) is 4.99. The van der Waals surface area contributed by atoms with Crippen molar-refractivity contribution in [3.8, 4) is 0 Å². The summed E-state index contributed by atoms with van der Waals surface area (Å²) >= 11 is 5.79. The second-order valence-electron chi connectivity index (χ2n) is 7.35. The smallest absolute Gasteiger partial charge is 0.0375 e. The maximum Gasteiger partial charge on any atom is 0.0375 e. The average Bonchev–Trinajstić information content (AvgIpc) is 2.75. The molecule has 0 bridgehead atoms. The Morgan fingerprint density at radius 3 is 2.45 bits per heavy atom. The van der Waals surface area contributed by atoms with E-state index >= 15 is 0 Å². The van der Waals surface area contributed by atoms with E-state index in [4.69, 9.17) is 0 Å². The lowest BCUT2D eigenvalue weighted by Crippen LogP contribution is -2.43. The fraction of sp³-hybridized carbons (Fsp3) is 0.889. The lowest BCUT2D eigenvalue weighted by molar-refractivity contribution is 0.146. The summed E-state index contributed by atoms with van der Waals surface area (Å²) in [5, 5.41) is 0.712. The first-order chi connectivity index (χ1) is 10.7. The van der Waals surface area contributed by atoms with E-state index < -0.39 is 0 Å². The summed E-state index contributed by atoms with van der Waals surface area (Å²) in [6.07, 6.45) is 14.4. The number of nitrogens with zero attached hydrogens (tertiary/aromatic N) is 2. The molecule has 0 saturated carbocycles. The van der Waals surface area contributed by atoms with Crippen molar-refractivity contribution < 1.29 is 0 Å². The molecule has 0 radical (unpaired) electrons. The number of halogens is 1. The van der Waals surface area contributed by atoms with Crippen LogP contribution in [0.5, 0.6) is 0 Å². The number of likely N-dealkylation sites (tertiary alicyclic amines) is 1. The predicted octanol–water partition coefficient (Wildman–Crippen LogP) is 4.70. The normalized spacial score (nSPS) is 36.4. The van der Waals surface area contributed by atoms with Crippen LogP contribution in [0.25, 0.3) is 0 Å². The lowest BCUT2D eigenvalue weighted by atomic mass is 10.0. The molecule has 2 saturated heterocycles. The van der Waals surface area contributed by atoms with E-state index in [1.807, 2.05) is 0 Å². The Kier molecular flexibility index (Phi) is 6.73. The van der Waals surface area contributed by atoms with Crippen molar-refractivity contribution in [1.29, 1.82) is 0 Å². The molecule has 3 aliphatic rings. The third-order valence-electron chi connectivity index (χ3n) is 5.54. The first kappa shape index (κ1) is 17.3. The van der Waals surface area contributed by atoms with Gasteiger partial charge in [0.05, 0.1) is 0 Å². The molecule has 126 valence electrons. The molecule has 2 nitrogen and oxygen atoms in total. The van der Waals surface area contributed by atoms with Gasteiger partial charge in [0.25, 0.3) is 0 Å². The van der Waals surface area contributed by atoms with Crippen molar-refractivity contribution in [3.63, 3.8) is 0 Å². The van der Waals surface area contributed by atoms with E-state index in [1.165, 1.54) is 71.1 Å². The monoisotopic (exact) mass is 386 g/mol. The Morgan fingerprint density at radius 1 is 0.909 bits per heavy atom. The van der Waals surface area contributed by atoms with Crippen molar-refractivity contribution in [3.05, 3.63) is 12.2 Å². The van der Waals surface area contributed by atoms with Gasteiger partial charge in [-0.25, -0.2) is 4.31 Å². The molecule has 3 atom stereocenters. The van der Waals surface area contributed by atoms with E-state index in [9.17, 15) is 0 Å². The zero-order valence-electron chi connectivity index (χ0n) is 13.9. The van der Waals surface area contributed by atoms with Crippen LogP contribution < -0.4 is 0 Å². The van der Waals surface area contributed by atoms with Gasteiger partial charge in [0.1, 0.15) is 0 Å². The Balaban J connectivity index is 1.41. The highest BCUT2D eigenvalue weighted by molar-refractivity contribution is 9.09. The van der Waals surface area contributed by atoms with E-state index in [-0.39, 0.29) is 0 Å². The number of hydrogen-bond donors (Lipinski definition) is 0. The fourth-order valence-corrected chi connectivity index (χ4v) is 5.65. The van der Waals surface area contributed by atoms with Crippen LogP contribution in [0.3, 0.4) is 0 Å². The van der Waals surface area contributed by atoms with Crippen LogP contribution in [0.4, 0.5) is 0 Å². The van der Waals surface area contributed by atoms with Crippen LogP contribution in [0, 0.1) is 5.92 Å². The van der Waals surface area contributed by atoms with Crippen LogP contribution in [-0.4, -0.2) is 51.5 Å². The van der Waals surface area contributed by atoms with Gasteiger partial charge in [-0.3, -0.25) is 0 Å². The molecule has 0 aromatic carbocycles. The van der Waals surface area contributed by atoms with Gasteiger partial charge in [0.15, 0.2) is 0 Å². The van der Waals surface area contributed by atoms with Crippen LogP contribution in [0.2, 0.25) is 0 Å². The van der Waals surface area contributed by atoms with Gasteiger partial charge >= 0.3 is 0 Å². The molecule has 2 fully saturated rings. The third-order valence-corrected chi connectivity index (χ3v) is 7.63. The lowest BCUT2D eigenvalue weighted by Gasteiger charge is -2.38. The van der Waals surface area contributed by atoms with E-state index in [1.54, 1.807) is 0 Å². The van der Waals surface area contributed by atoms with Crippen LogP contribution in [0.15, 0.2) is 12.2 Å². The summed E-state index contributed by atoms with van der Waals surface area (Å²) in [5.74, 6) is 0.942. The van der Waals surface area contributed by atoms with Gasteiger partial charge < -0.3 is 4.90 Å². The minimum absolute atomic E-state index is 0.612. The molecule has 0 aromatic rings. The zero-order chi connectivity index (χ0) is 15.4. The molecule has 0 N–H and O–H groups in total. The second kappa shape index (κ2) is 8.55. The number of hydrogen-bond acceptors (Lipinski definition) is 3. The van der Waals surface area contributed by atoms with E-state index in [2.05, 4.69) is 56.2 Å². The molecule has 0 spiro atoms. The number of rotatable bonds is 3. The van der Waals surface area contributed by atoms with Crippen molar-refractivity contribution in [2.75, 3.05) is 26.2 Å². The molecule has 3 unspecified atom stereocenters. The Bertz CT molecular complexity index is 368. The number of alkyl halides is 1. The molecule has 4 heteroatoms. The fourth-order valence-electron chi connectivity index (χ4n) is 4.00. The zero-order valence-corrected chi connectivity index (χ0v) is 16.3. The molecule has 3 rings (SSSR count). The van der Waals surface area contributed by atoms with Crippen molar-refractivity contribution in [2.45, 2.75) is 68.0 Å². The molecule has 22 heavy (non-hydrogen) atoms. The van der Waals surface area contributed by atoms with Gasteiger partial charge in [-0.2, -0.15) is 0 Å². The summed E-state index contributed by atoms with van der Waals surface area (Å²) in [4.78, 5) is 3.42. The predicted molar refractivity (Wildman–Crippen MR) is 102 cm³/mol. The Labute approximate surface area is 149 Å². The highest BCUT2D eigenvalue weighted by Crippen LogP contribution is 2.32. The molecule has 1 aliphatic carbocycles. The minimum atomic E-state index is 0.612. The van der Waals surface area contributed by atoms with Gasteiger partial charge in [0.2, 0.25) is 0 Å². The summed E-state index contributed by atoms with van der Waals surface area (Å²) in [7, 11) is 0. The highest BCUT2D eigenvalue weighted by atomic mass is 79.9. The topological polar surface area (TPSA) is 6.48 Å². The first-order valence-electron chi connectivity index (χ1n) is 9.19. The summed E-state index contributed by atoms with van der Waals surface area (Å²) in [6, 6.07) is 0.857. The second-order valence-corrected chi connectivity index (χ2v) is 9.86. The first-order valence-corrected chi connectivity index (χ1v) is 10.9. The Morgan fingerprint density at radius 2 is 1.73 bits per heavy atom. The van der Waals surface area contributed by atoms with E-state index in [0.29, 0.717) is 10.1 Å². The average molecular weight is 387 g/mol. The van der Waals surface area contributed by atoms with Crippen molar-refractivity contribution >= 4 is 27.9 Å². The van der Waals surface area contributed by atoms with Crippen molar-refractivity contribution in [2.24, 2.45) is 5.92 Å². The maximum atomic E-state index is 3.69. The molecule has 0 aromatic heterocycles. The number of piperidine rings is 1. The van der Waals surface area contributed by atoms with Crippen LogP contribution in [0.1, 0.15) is 51.9 Å². The van der Waals surface area contributed by atoms with Crippen LogP contribution in [-0.2, 0) is 0 Å². The molecule has 2 heterocycles. The number of allylic oxidation sites excluding steroid dienone is 1. The molecular weight excluding hydrogens is 356 g/mol. The Hall–Kier alpha value is 0.490. The largest absolute Gasteiger partial charge is 0.300 e. The summed E-state index contributed by atoms with van der Waals surface area (Å²) < 4.78 is 2.64. The van der Waals surface area contributed by atoms with Crippen LogP contribution >= 0.6 is 27.9 Å². The van der Waals surface area contributed by atoms with Gasteiger partial charge in [0, 0.05) is 29.2 Å². The van der Waals surface area contributed by atoms with Crippen molar-refractivity contribution in [1.82, 2.24) is 9.21 Å². The SMILES string of the molecule is CC1CCCN(C2CCN(SC3C=CC(Br)CC3)CC2)CC1. The quantitative estimate of drug-likeness (QED) is 0.394.